The number of carbonyl (C=O) groups is 1. The zero-order valence-electron chi connectivity index (χ0n) is 14.2. The highest BCUT2D eigenvalue weighted by molar-refractivity contribution is 5.87. The lowest BCUT2D eigenvalue weighted by Crippen LogP contribution is -2.54. The molecule has 4 aliphatic rings. The average Bonchev–Trinajstić information content (AvgIpc) is 2.75. The molecule has 0 aliphatic heterocycles. The Hall–Kier alpha value is -0.330. The van der Waals surface area contributed by atoms with Gasteiger partial charge in [-0.1, -0.05) is 33.6 Å². The molecule has 0 aromatic heterocycles. The molecule has 0 aromatic rings. The minimum Gasteiger partial charge on any atom is -0.299 e. The van der Waals surface area contributed by atoms with Gasteiger partial charge in [0.15, 0.2) is 0 Å². The van der Waals surface area contributed by atoms with Crippen molar-refractivity contribution in [3.63, 3.8) is 0 Å². The Labute approximate surface area is 130 Å². The summed E-state index contributed by atoms with van der Waals surface area (Å²) in [5, 5.41) is 0. The molecule has 118 valence electrons. The Balaban J connectivity index is 1.66. The van der Waals surface area contributed by atoms with E-state index in [4.69, 9.17) is 0 Å². The first-order valence-electron chi connectivity index (χ1n) is 9.50. The molecule has 4 aliphatic carbocycles. The van der Waals surface area contributed by atoms with Gasteiger partial charge in [0.25, 0.3) is 0 Å². The average molecular weight is 288 g/mol. The molecule has 0 saturated heterocycles. The van der Waals surface area contributed by atoms with Crippen LogP contribution in [0.4, 0.5) is 0 Å². The van der Waals surface area contributed by atoms with E-state index in [2.05, 4.69) is 20.8 Å². The van der Waals surface area contributed by atoms with Crippen LogP contribution in [0.2, 0.25) is 0 Å². The van der Waals surface area contributed by atoms with Crippen molar-refractivity contribution in [3.05, 3.63) is 0 Å². The van der Waals surface area contributed by atoms with Crippen molar-refractivity contribution in [2.75, 3.05) is 0 Å². The number of ketones is 1. The number of Topliss-reactive ketones (excluding diaryl/α,β-unsaturated/α-hetero) is 1. The zero-order valence-corrected chi connectivity index (χ0v) is 14.2. The maximum atomic E-state index is 12.4. The highest BCUT2D eigenvalue weighted by Gasteiger charge is 2.60. The maximum absolute atomic E-state index is 12.4. The fourth-order valence-corrected chi connectivity index (χ4v) is 7.57. The first-order valence-corrected chi connectivity index (χ1v) is 9.50. The van der Waals surface area contributed by atoms with Crippen molar-refractivity contribution < 1.29 is 4.79 Å². The van der Waals surface area contributed by atoms with Crippen molar-refractivity contribution in [2.24, 2.45) is 40.4 Å². The molecular weight excluding hydrogens is 256 g/mol. The van der Waals surface area contributed by atoms with Gasteiger partial charge in [-0.05, 0) is 73.5 Å². The summed E-state index contributed by atoms with van der Waals surface area (Å²) in [4.78, 5) is 12.4. The molecule has 4 rings (SSSR count). The monoisotopic (exact) mass is 288 g/mol. The van der Waals surface area contributed by atoms with Gasteiger partial charge in [-0.25, -0.2) is 0 Å². The van der Waals surface area contributed by atoms with Crippen LogP contribution in [0.3, 0.4) is 0 Å². The maximum Gasteiger partial charge on any atom is 0.139 e. The second kappa shape index (κ2) is 4.59. The standard InChI is InChI=1S/C20H32O/c1-13-5-4-11-19(2)15(13)7-6-14-16-8-9-18(21)20(16,3)12-10-17(14)19/h13-17H,4-12H2,1-3H3. The largest absolute Gasteiger partial charge is 0.299 e. The van der Waals surface area contributed by atoms with Crippen LogP contribution >= 0.6 is 0 Å². The molecule has 0 bridgehead atoms. The molecule has 4 saturated carbocycles. The van der Waals surface area contributed by atoms with Gasteiger partial charge in [0.05, 0.1) is 0 Å². The van der Waals surface area contributed by atoms with E-state index in [-0.39, 0.29) is 5.41 Å². The van der Waals surface area contributed by atoms with Gasteiger partial charge in [0, 0.05) is 11.8 Å². The molecular formula is C20H32O. The molecule has 0 spiro atoms. The van der Waals surface area contributed by atoms with Crippen molar-refractivity contribution in [2.45, 2.75) is 78.6 Å². The lowest BCUT2D eigenvalue weighted by Gasteiger charge is -2.61. The molecule has 0 heterocycles. The number of carbonyl (C=O) groups excluding carboxylic acids is 1. The third-order valence-corrected chi connectivity index (χ3v) is 8.71. The summed E-state index contributed by atoms with van der Waals surface area (Å²) in [7, 11) is 0. The SMILES string of the molecule is CC1CCCC2(C)C1CCC1C3CCC(=O)C3(C)CCC12. The summed E-state index contributed by atoms with van der Waals surface area (Å²) >= 11 is 0. The van der Waals surface area contributed by atoms with Gasteiger partial charge in [-0.15, -0.1) is 0 Å². The predicted octanol–water partition coefficient (Wildman–Crippen LogP) is 5.23. The summed E-state index contributed by atoms with van der Waals surface area (Å²) in [6.45, 7) is 7.44. The van der Waals surface area contributed by atoms with Crippen LogP contribution in [0.25, 0.3) is 0 Å². The van der Waals surface area contributed by atoms with Crippen LogP contribution in [-0.4, -0.2) is 5.78 Å². The fraction of sp³-hybridized carbons (Fsp3) is 0.950. The highest BCUT2D eigenvalue weighted by atomic mass is 16.1. The van der Waals surface area contributed by atoms with Crippen LogP contribution in [0.1, 0.15) is 78.6 Å². The molecule has 0 aromatic carbocycles. The minimum atomic E-state index is 0.0602. The van der Waals surface area contributed by atoms with Gasteiger partial charge < -0.3 is 0 Å². The van der Waals surface area contributed by atoms with Crippen molar-refractivity contribution in [3.8, 4) is 0 Å². The highest BCUT2D eigenvalue weighted by Crippen LogP contribution is 2.66. The van der Waals surface area contributed by atoms with Gasteiger partial charge in [-0.3, -0.25) is 4.79 Å². The summed E-state index contributed by atoms with van der Waals surface area (Å²) in [5.41, 5.74) is 0.651. The van der Waals surface area contributed by atoms with E-state index in [0.717, 1.165) is 36.0 Å². The molecule has 4 fully saturated rings. The molecule has 1 heteroatoms. The Morgan fingerprint density at radius 1 is 0.905 bits per heavy atom. The third kappa shape index (κ3) is 1.78. The molecule has 0 amide bonds. The van der Waals surface area contributed by atoms with Gasteiger partial charge >= 0.3 is 0 Å². The summed E-state index contributed by atoms with van der Waals surface area (Å²) in [6, 6.07) is 0. The molecule has 7 unspecified atom stereocenters. The van der Waals surface area contributed by atoms with E-state index in [1.54, 1.807) is 0 Å². The molecule has 0 radical (unpaired) electrons. The summed E-state index contributed by atoms with van der Waals surface area (Å²) < 4.78 is 0. The Morgan fingerprint density at radius 3 is 2.52 bits per heavy atom. The first kappa shape index (κ1) is 14.3. The fourth-order valence-electron chi connectivity index (χ4n) is 7.57. The molecule has 7 atom stereocenters. The molecule has 0 N–H and O–H groups in total. The smallest absolute Gasteiger partial charge is 0.139 e. The molecule has 1 nitrogen and oxygen atoms in total. The topological polar surface area (TPSA) is 17.1 Å². The van der Waals surface area contributed by atoms with Gasteiger partial charge in [-0.2, -0.15) is 0 Å². The van der Waals surface area contributed by atoms with Crippen LogP contribution in [-0.2, 0) is 4.79 Å². The Morgan fingerprint density at radius 2 is 1.71 bits per heavy atom. The minimum absolute atomic E-state index is 0.0602. The second-order valence-electron chi connectivity index (χ2n) is 9.35. The van der Waals surface area contributed by atoms with E-state index >= 15 is 0 Å². The number of fused-ring (bicyclic) bond motifs is 5. The van der Waals surface area contributed by atoms with Crippen LogP contribution in [0.5, 0.6) is 0 Å². The van der Waals surface area contributed by atoms with Crippen molar-refractivity contribution in [1.29, 1.82) is 0 Å². The van der Waals surface area contributed by atoms with E-state index < -0.39 is 0 Å². The van der Waals surface area contributed by atoms with E-state index in [1.807, 2.05) is 0 Å². The normalized spacial score (nSPS) is 56.5. The summed E-state index contributed by atoms with van der Waals surface area (Å²) in [6.07, 6.45) is 11.8. The quantitative estimate of drug-likeness (QED) is 0.596. The van der Waals surface area contributed by atoms with E-state index in [0.29, 0.717) is 11.2 Å². The Bertz CT molecular complexity index is 455. The number of hydrogen-bond donors (Lipinski definition) is 0. The zero-order chi connectivity index (χ0) is 14.8. The van der Waals surface area contributed by atoms with Crippen molar-refractivity contribution >= 4 is 5.78 Å². The predicted molar refractivity (Wildman–Crippen MR) is 85.9 cm³/mol. The van der Waals surface area contributed by atoms with Gasteiger partial charge in [0.2, 0.25) is 0 Å². The van der Waals surface area contributed by atoms with E-state index in [1.165, 1.54) is 51.4 Å². The van der Waals surface area contributed by atoms with Crippen LogP contribution in [0.15, 0.2) is 0 Å². The lowest BCUT2D eigenvalue weighted by atomic mass is 9.44. The Kier molecular flexibility index (Phi) is 3.12. The first-order chi connectivity index (χ1) is 9.97. The van der Waals surface area contributed by atoms with Gasteiger partial charge in [0.1, 0.15) is 5.78 Å². The van der Waals surface area contributed by atoms with Crippen molar-refractivity contribution in [1.82, 2.24) is 0 Å². The van der Waals surface area contributed by atoms with E-state index in [9.17, 15) is 4.79 Å². The number of hydrogen-bond acceptors (Lipinski definition) is 1. The molecule has 21 heavy (non-hydrogen) atoms. The third-order valence-electron chi connectivity index (χ3n) is 8.71. The number of rotatable bonds is 0. The van der Waals surface area contributed by atoms with Crippen LogP contribution in [0, 0.1) is 40.4 Å². The van der Waals surface area contributed by atoms with Crippen LogP contribution < -0.4 is 0 Å². The lowest BCUT2D eigenvalue weighted by molar-refractivity contribution is -0.142. The summed E-state index contributed by atoms with van der Waals surface area (Å²) in [5.74, 6) is 5.00. The second-order valence-corrected chi connectivity index (χ2v) is 9.35.